The van der Waals surface area contributed by atoms with Gasteiger partial charge in [-0.15, -0.1) is 0 Å². The van der Waals surface area contributed by atoms with Crippen molar-refractivity contribution >= 4 is 40.9 Å². The van der Waals surface area contributed by atoms with Crippen LogP contribution in [0.3, 0.4) is 0 Å². The molecule has 0 aromatic carbocycles. The summed E-state index contributed by atoms with van der Waals surface area (Å²) < 4.78 is 11.0. The quantitative estimate of drug-likeness (QED) is 0.588. The van der Waals surface area contributed by atoms with Crippen molar-refractivity contribution < 1.29 is 19.1 Å². The van der Waals surface area contributed by atoms with E-state index in [9.17, 15) is 9.59 Å². The van der Waals surface area contributed by atoms with Gasteiger partial charge >= 0.3 is 0 Å². The molecule has 0 unspecified atom stereocenters. The summed E-state index contributed by atoms with van der Waals surface area (Å²) in [4.78, 5) is 42.9. The number of hydrogen-bond acceptors (Lipinski definition) is 10. The Kier molecular flexibility index (Phi) is 6.07. The first kappa shape index (κ1) is 20.7. The molecule has 1 saturated heterocycles. The molecule has 0 spiro atoms. The Morgan fingerprint density at radius 1 is 1.13 bits per heavy atom. The molecule has 2 aliphatic rings. The number of nitrogens with zero attached hydrogens (tertiary/aromatic N) is 5. The first-order valence-corrected chi connectivity index (χ1v) is 9.99. The maximum absolute atomic E-state index is 12.1. The maximum atomic E-state index is 12.1. The number of carbonyl (C=O) groups excluding carboxylic acids is 2. The van der Waals surface area contributed by atoms with Gasteiger partial charge in [0.15, 0.2) is 17.5 Å². The van der Waals surface area contributed by atoms with Crippen molar-refractivity contribution in [3.8, 4) is 5.75 Å². The highest BCUT2D eigenvalue weighted by molar-refractivity contribution is 5.94. The molecule has 12 heteroatoms. The van der Waals surface area contributed by atoms with E-state index in [1.165, 1.54) is 26.6 Å². The lowest BCUT2D eigenvalue weighted by molar-refractivity contribution is -0.117. The Morgan fingerprint density at radius 2 is 1.90 bits per heavy atom. The second-order valence-electron chi connectivity index (χ2n) is 7.20. The SMILES string of the molecule is COc1c(Nc2nc(NC(=O)C3CC3)ncc2NC(C)=O)ncnc1N1CCOCC1. The molecule has 1 saturated carbocycles. The summed E-state index contributed by atoms with van der Waals surface area (Å²) in [6.45, 7) is 3.93. The van der Waals surface area contributed by atoms with Crippen molar-refractivity contribution in [1.29, 1.82) is 0 Å². The van der Waals surface area contributed by atoms with Crippen molar-refractivity contribution in [1.82, 2.24) is 19.9 Å². The summed E-state index contributed by atoms with van der Waals surface area (Å²) in [6, 6.07) is 0. The zero-order valence-corrected chi connectivity index (χ0v) is 17.3. The van der Waals surface area contributed by atoms with Crippen molar-refractivity contribution in [2.75, 3.05) is 54.3 Å². The van der Waals surface area contributed by atoms with Gasteiger partial charge in [-0.3, -0.25) is 14.9 Å². The molecular formula is C19H24N8O4. The molecule has 0 atom stereocenters. The van der Waals surface area contributed by atoms with E-state index in [2.05, 4.69) is 35.9 Å². The minimum absolute atomic E-state index is 0.00747. The van der Waals surface area contributed by atoms with Crippen molar-refractivity contribution in [2.24, 2.45) is 5.92 Å². The van der Waals surface area contributed by atoms with E-state index >= 15 is 0 Å². The van der Waals surface area contributed by atoms with E-state index in [4.69, 9.17) is 9.47 Å². The molecule has 1 aliphatic heterocycles. The molecule has 31 heavy (non-hydrogen) atoms. The zero-order valence-electron chi connectivity index (χ0n) is 17.3. The average molecular weight is 428 g/mol. The van der Waals surface area contributed by atoms with Gasteiger partial charge in [0.25, 0.3) is 0 Å². The molecule has 2 aromatic heterocycles. The van der Waals surface area contributed by atoms with E-state index in [0.29, 0.717) is 49.4 Å². The summed E-state index contributed by atoms with van der Waals surface area (Å²) >= 11 is 0. The number of amides is 2. The zero-order chi connectivity index (χ0) is 21.8. The number of methoxy groups -OCH3 is 1. The Morgan fingerprint density at radius 3 is 2.58 bits per heavy atom. The highest BCUT2D eigenvalue weighted by Gasteiger charge is 2.30. The van der Waals surface area contributed by atoms with Crippen LogP contribution in [-0.4, -0.2) is 65.2 Å². The van der Waals surface area contributed by atoms with Gasteiger partial charge in [0.05, 0.1) is 26.5 Å². The van der Waals surface area contributed by atoms with Gasteiger partial charge in [0.1, 0.15) is 12.0 Å². The predicted octanol–water partition coefficient (Wildman–Crippen LogP) is 1.16. The van der Waals surface area contributed by atoms with Crippen LogP contribution in [0.15, 0.2) is 12.5 Å². The van der Waals surface area contributed by atoms with E-state index in [0.717, 1.165) is 12.8 Å². The molecule has 3 N–H and O–H groups in total. The standard InChI is InChI=1S/C19H24N8O4/c1-11(28)23-13-9-20-19(26-18(29)12-3-4-12)25-15(13)24-16-14(30-2)17(22-10-21-16)27-5-7-31-8-6-27/h9-10,12H,3-8H2,1-2H3,(H,23,28)(H2,20,21,22,24,25,26,29). The molecule has 0 radical (unpaired) electrons. The molecular weight excluding hydrogens is 404 g/mol. The number of ether oxygens (including phenoxy) is 2. The molecule has 12 nitrogen and oxygen atoms in total. The van der Waals surface area contributed by atoms with Crippen molar-refractivity contribution in [3.05, 3.63) is 12.5 Å². The number of nitrogens with one attached hydrogen (secondary N) is 3. The fourth-order valence-electron chi connectivity index (χ4n) is 3.13. The summed E-state index contributed by atoms with van der Waals surface area (Å²) in [5.74, 6) is 1.42. The average Bonchev–Trinajstić information content (AvgIpc) is 3.61. The molecule has 0 bridgehead atoms. The number of aromatic nitrogens is 4. The van der Waals surface area contributed by atoms with E-state index in [-0.39, 0.29) is 29.5 Å². The van der Waals surface area contributed by atoms with Gasteiger partial charge in [-0.25, -0.2) is 15.0 Å². The highest BCUT2D eigenvalue weighted by atomic mass is 16.5. The minimum Gasteiger partial charge on any atom is -0.490 e. The molecule has 3 heterocycles. The molecule has 1 aliphatic carbocycles. The van der Waals surface area contributed by atoms with Crippen LogP contribution < -0.4 is 25.6 Å². The first-order chi connectivity index (χ1) is 15.0. The van der Waals surface area contributed by atoms with Crippen LogP contribution in [0.4, 0.5) is 29.1 Å². The van der Waals surface area contributed by atoms with E-state index in [1.54, 1.807) is 0 Å². The summed E-state index contributed by atoms with van der Waals surface area (Å²) in [5.41, 5.74) is 0.338. The molecule has 2 amide bonds. The third kappa shape index (κ3) is 4.97. The summed E-state index contributed by atoms with van der Waals surface area (Å²) in [5, 5.41) is 8.46. The van der Waals surface area contributed by atoms with Gasteiger partial charge < -0.3 is 25.0 Å². The summed E-state index contributed by atoms with van der Waals surface area (Å²) in [6.07, 6.45) is 4.58. The van der Waals surface area contributed by atoms with Gasteiger partial charge in [0.2, 0.25) is 23.5 Å². The van der Waals surface area contributed by atoms with Crippen LogP contribution in [0.5, 0.6) is 5.75 Å². The largest absolute Gasteiger partial charge is 0.490 e. The lowest BCUT2D eigenvalue weighted by Crippen LogP contribution is -2.37. The number of carbonyl (C=O) groups is 2. The molecule has 4 rings (SSSR count). The van der Waals surface area contributed by atoms with Crippen LogP contribution in [-0.2, 0) is 14.3 Å². The minimum atomic E-state index is -0.287. The smallest absolute Gasteiger partial charge is 0.231 e. The van der Waals surface area contributed by atoms with Crippen molar-refractivity contribution in [2.45, 2.75) is 19.8 Å². The number of anilines is 5. The maximum Gasteiger partial charge on any atom is 0.231 e. The first-order valence-electron chi connectivity index (χ1n) is 9.99. The fourth-order valence-corrected chi connectivity index (χ4v) is 3.13. The number of hydrogen-bond donors (Lipinski definition) is 3. The molecule has 2 aromatic rings. The Labute approximate surface area is 178 Å². The topological polar surface area (TPSA) is 143 Å². The Balaban J connectivity index is 1.64. The molecule has 2 fully saturated rings. The third-order valence-corrected chi connectivity index (χ3v) is 4.82. The van der Waals surface area contributed by atoms with Crippen LogP contribution in [0.25, 0.3) is 0 Å². The number of rotatable bonds is 7. The van der Waals surface area contributed by atoms with Crippen LogP contribution in [0.1, 0.15) is 19.8 Å². The second kappa shape index (κ2) is 9.08. The van der Waals surface area contributed by atoms with Gasteiger partial charge in [-0.05, 0) is 12.8 Å². The van der Waals surface area contributed by atoms with Crippen LogP contribution >= 0.6 is 0 Å². The molecule has 164 valence electrons. The van der Waals surface area contributed by atoms with Gasteiger partial charge in [0, 0.05) is 25.9 Å². The lowest BCUT2D eigenvalue weighted by atomic mass is 10.3. The van der Waals surface area contributed by atoms with E-state index < -0.39 is 0 Å². The number of morpholine rings is 1. The third-order valence-electron chi connectivity index (χ3n) is 4.82. The van der Waals surface area contributed by atoms with Crippen molar-refractivity contribution in [3.63, 3.8) is 0 Å². The van der Waals surface area contributed by atoms with Gasteiger partial charge in [-0.1, -0.05) is 0 Å². The normalized spacial score (nSPS) is 15.9. The second-order valence-corrected chi connectivity index (χ2v) is 7.20. The Bertz CT molecular complexity index is 975. The van der Waals surface area contributed by atoms with Crippen LogP contribution in [0.2, 0.25) is 0 Å². The Hall–Kier alpha value is -3.54. The highest BCUT2D eigenvalue weighted by Crippen LogP contribution is 2.35. The van der Waals surface area contributed by atoms with Crippen LogP contribution in [0, 0.1) is 5.92 Å². The summed E-state index contributed by atoms with van der Waals surface area (Å²) in [7, 11) is 1.53. The van der Waals surface area contributed by atoms with E-state index in [1.807, 2.05) is 4.90 Å². The monoisotopic (exact) mass is 428 g/mol. The predicted molar refractivity (Wildman–Crippen MR) is 113 cm³/mol. The lowest BCUT2D eigenvalue weighted by Gasteiger charge is -2.29. The van der Waals surface area contributed by atoms with Gasteiger partial charge in [-0.2, -0.15) is 4.98 Å². The fraction of sp³-hybridized carbons (Fsp3) is 0.474.